The van der Waals surface area contributed by atoms with Crippen molar-refractivity contribution in [1.29, 1.82) is 0 Å². The van der Waals surface area contributed by atoms with E-state index in [9.17, 15) is 18.4 Å². The number of hydrogen-bond donors (Lipinski definition) is 1. The Bertz CT molecular complexity index is 830. The molecule has 1 heterocycles. The van der Waals surface area contributed by atoms with Crippen LogP contribution in [0.2, 0.25) is 5.02 Å². The van der Waals surface area contributed by atoms with Gasteiger partial charge in [0.1, 0.15) is 5.54 Å². The number of nitrogens with one attached hydrogen (secondary N) is 1. The molecule has 0 bridgehead atoms. The lowest BCUT2D eigenvalue weighted by atomic mass is 9.92. The summed E-state index contributed by atoms with van der Waals surface area (Å²) in [6, 6.07) is 12.5. The van der Waals surface area contributed by atoms with Gasteiger partial charge in [0.15, 0.2) is 0 Å². The summed E-state index contributed by atoms with van der Waals surface area (Å²) < 4.78 is 24.7. The van der Waals surface area contributed by atoms with Crippen LogP contribution < -0.4 is 5.32 Å². The standard InChI is InChI=1S/C18H15ClF2N2O2S/c1-18(12-4-6-13(19)7-5-12)15(24)23(17(25)22-18)10-11-2-8-14(9-3-11)26-16(20)21/h2-9,16H,10H2,1H3,(H,22,25). The fraction of sp³-hybridized carbons (Fsp3) is 0.222. The number of rotatable bonds is 5. The van der Waals surface area contributed by atoms with Crippen molar-refractivity contribution >= 4 is 35.3 Å². The van der Waals surface area contributed by atoms with Gasteiger partial charge in [-0.25, -0.2) is 4.79 Å². The minimum absolute atomic E-state index is 0.0630. The van der Waals surface area contributed by atoms with Gasteiger partial charge in [-0.3, -0.25) is 9.69 Å². The van der Waals surface area contributed by atoms with Gasteiger partial charge < -0.3 is 5.32 Å². The molecule has 1 unspecified atom stereocenters. The van der Waals surface area contributed by atoms with E-state index in [0.29, 0.717) is 32.8 Å². The number of urea groups is 1. The summed E-state index contributed by atoms with van der Waals surface area (Å²) in [5, 5.41) is 3.25. The lowest BCUT2D eigenvalue weighted by Gasteiger charge is -2.22. The highest BCUT2D eigenvalue weighted by molar-refractivity contribution is 7.99. The highest BCUT2D eigenvalue weighted by Crippen LogP contribution is 2.31. The van der Waals surface area contributed by atoms with E-state index in [4.69, 9.17) is 11.6 Å². The number of hydrogen-bond acceptors (Lipinski definition) is 3. The van der Waals surface area contributed by atoms with Crippen molar-refractivity contribution in [1.82, 2.24) is 10.2 Å². The van der Waals surface area contributed by atoms with Crippen LogP contribution in [0.3, 0.4) is 0 Å². The van der Waals surface area contributed by atoms with Crippen LogP contribution in [0.25, 0.3) is 0 Å². The molecule has 0 spiro atoms. The van der Waals surface area contributed by atoms with E-state index >= 15 is 0 Å². The third-order valence-corrected chi connectivity index (χ3v) is 5.16. The van der Waals surface area contributed by atoms with Gasteiger partial charge in [-0.2, -0.15) is 8.78 Å². The van der Waals surface area contributed by atoms with Crippen molar-refractivity contribution in [2.45, 2.75) is 29.7 Å². The molecule has 3 amide bonds. The summed E-state index contributed by atoms with van der Waals surface area (Å²) in [4.78, 5) is 26.7. The predicted molar refractivity (Wildman–Crippen MR) is 96.2 cm³/mol. The van der Waals surface area contributed by atoms with E-state index in [2.05, 4.69) is 5.32 Å². The Balaban J connectivity index is 1.78. The topological polar surface area (TPSA) is 49.4 Å². The molecular formula is C18H15ClF2N2O2S. The molecule has 136 valence electrons. The van der Waals surface area contributed by atoms with Gasteiger partial charge >= 0.3 is 6.03 Å². The Kier molecular flexibility index (Phi) is 5.20. The van der Waals surface area contributed by atoms with Crippen LogP contribution in [0.5, 0.6) is 0 Å². The summed E-state index contributed by atoms with van der Waals surface area (Å²) in [6.45, 7) is 1.70. The van der Waals surface area contributed by atoms with Crippen molar-refractivity contribution in [3.8, 4) is 0 Å². The number of thioether (sulfide) groups is 1. The zero-order valence-electron chi connectivity index (χ0n) is 13.7. The van der Waals surface area contributed by atoms with E-state index in [1.54, 1.807) is 55.5 Å². The molecule has 1 aliphatic heterocycles. The predicted octanol–water partition coefficient (Wildman–Crippen LogP) is 4.62. The molecule has 1 atom stereocenters. The van der Waals surface area contributed by atoms with Crippen LogP contribution in [0, 0.1) is 0 Å². The Hall–Kier alpha value is -2.12. The van der Waals surface area contributed by atoms with Crippen LogP contribution >= 0.6 is 23.4 Å². The number of benzene rings is 2. The molecule has 3 rings (SSSR count). The smallest absolute Gasteiger partial charge is 0.319 e. The van der Waals surface area contributed by atoms with E-state index in [0.717, 1.165) is 4.90 Å². The second-order valence-electron chi connectivity index (χ2n) is 5.98. The third kappa shape index (κ3) is 3.68. The van der Waals surface area contributed by atoms with Crippen LogP contribution in [-0.4, -0.2) is 22.6 Å². The van der Waals surface area contributed by atoms with Crippen molar-refractivity contribution in [3.05, 3.63) is 64.7 Å². The minimum atomic E-state index is -2.49. The zero-order chi connectivity index (χ0) is 18.9. The van der Waals surface area contributed by atoms with Gasteiger partial charge in [-0.15, -0.1) is 0 Å². The summed E-state index contributed by atoms with van der Waals surface area (Å²) in [7, 11) is 0. The molecule has 2 aromatic rings. The van der Waals surface area contributed by atoms with Gasteiger partial charge in [-0.1, -0.05) is 47.6 Å². The number of carbonyl (C=O) groups excluding carboxylic acids is 2. The Morgan fingerprint density at radius 2 is 1.73 bits per heavy atom. The summed E-state index contributed by atoms with van der Waals surface area (Å²) >= 11 is 6.32. The quantitative estimate of drug-likeness (QED) is 0.592. The molecule has 1 fully saturated rings. The van der Waals surface area contributed by atoms with Crippen LogP contribution in [0.1, 0.15) is 18.1 Å². The average molecular weight is 397 g/mol. The first-order chi connectivity index (χ1) is 12.3. The van der Waals surface area contributed by atoms with Gasteiger partial charge in [0.05, 0.1) is 6.54 Å². The summed E-state index contributed by atoms with van der Waals surface area (Å²) in [6.07, 6.45) is 0. The molecular weight excluding hydrogens is 382 g/mol. The molecule has 4 nitrogen and oxygen atoms in total. The van der Waals surface area contributed by atoms with Crippen LogP contribution in [-0.2, 0) is 16.9 Å². The SMILES string of the molecule is CC1(c2ccc(Cl)cc2)NC(=O)N(Cc2ccc(SC(F)F)cc2)C1=O. The minimum Gasteiger partial charge on any atom is -0.319 e. The average Bonchev–Trinajstić information content (AvgIpc) is 2.81. The van der Waals surface area contributed by atoms with Gasteiger partial charge in [0.2, 0.25) is 0 Å². The van der Waals surface area contributed by atoms with E-state index in [-0.39, 0.29) is 12.5 Å². The number of alkyl halides is 2. The van der Waals surface area contributed by atoms with Gasteiger partial charge in [0, 0.05) is 9.92 Å². The van der Waals surface area contributed by atoms with E-state index in [1.807, 2.05) is 0 Å². The van der Waals surface area contributed by atoms with E-state index in [1.165, 1.54) is 0 Å². The van der Waals surface area contributed by atoms with Crippen LogP contribution in [0.15, 0.2) is 53.4 Å². The molecule has 8 heteroatoms. The molecule has 26 heavy (non-hydrogen) atoms. The summed E-state index contributed by atoms with van der Waals surface area (Å²) in [5.41, 5.74) is 0.131. The Morgan fingerprint density at radius 3 is 2.31 bits per heavy atom. The Morgan fingerprint density at radius 1 is 1.12 bits per heavy atom. The fourth-order valence-corrected chi connectivity index (χ4v) is 3.40. The normalized spacial score (nSPS) is 20.0. The first-order valence-electron chi connectivity index (χ1n) is 7.73. The first kappa shape index (κ1) is 18.7. The highest BCUT2D eigenvalue weighted by atomic mass is 35.5. The molecule has 1 N–H and O–H groups in total. The molecule has 1 saturated heterocycles. The second kappa shape index (κ2) is 7.25. The molecule has 2 aromatic carbocycles. The maximum Gasteiger partial charge on any atom is 0.325 e. The van der Waals surface area contributed by atoms with Crippen LogP contribution in [0.4, 0.5) is 13.6 Å². The number of carbonyl (C=O) groups is 2. The number of halogens is 3. The van der Waals surface area contributed by atoms with Crippen molar-refractivity contribution in [2.75, 3.05) is 0 Å². The molecule has 0 saturated carbocycles. The number of amides is 3. The fourth-order valence-electron chi connectivity index (χ4n) is 2.78. The largest absolute Gasteiger partial charge is 0.325 e. The monoisotopic (exact) mass is 396 g/mol. The zero-order valence-corrected chi connectivity index (χ0v) is 15.3. The number of imide groups is 1. The lowest BCUT2D eigenvalue weighted by Crippen LogP contribution is -2.40. The number of nitrogens with zero attached hydrogens (tertiary/aromatic N) is 1. The van der Waals surface area contributed by atoms with Crippen molar-refractivity contribution in [2.24, 2.45) is 0 Å². The van der Waals surface area contributed by atoms with E-state index < -0.39 is 17.3 Å². The Labute approximate surface area is 158 Å². The van der Waals surface area contributed by atoms with Crippen molar-refractivity contribution < 1.29 is 18.4 Å². The molecule has 1 aliphatic rings. The summed E-state index contributed by atoms with van der Waals surface area (Å²) in [5.74, 6) is -2.87. The molecule has 0 radical (unpaired) electrons. The molecule has 0 aromatic heterocycles. The third-order valence-electron chi connectivity index (χ3n) is 4.19. The van der Waals surface area contributed by atoms with Gasteiger partial charge in [0.25, 0.3) is 11.7 Å². The first-order valence-corrected chi connectivity index (χ1v) is 8.99. The highest BCUT2D eigenvalue weighted by Gasteiger charge is 2.48. The maximum atomic E-state index is 12.8. The lowest BCUT2D eigenvalue weighted by molar-refractivity contribution is -0.131. The molecule has 0 aliphatic carbocycles. The van der Waals surface area contributed by atoms with Gasteiger partial charge in [-0.05, 0) is 42.3 Å². The van der Waals surface area contributed by atoms with Crippen molar-refractivity contribution in [3.63, 3.8) is 0 Å². The second-order valence-corrected chi connectivity index (χ2v) is 7.48. The maximum absolute atomic E-state index is 12.8.